The van der Waals surface area contributed by atoms with Gasteiger partial charge < -0.3 is 16.0 Å². The molecule has 0 amide bonds. The molecule has 1 fully saturated rings. The first-order valence-electron chi connectivity index (χ1n) is 4.99. The third-order valence-corrected chi connectivity index (χ3v) is 2.67. The van der Waals surface area contributed by atoms with E-state index in [0.29, 0.717) is 11.7 Å². The standard InChI is InChI=1S/C10H15N3O/c11-8-5-7(6-13-10(8)14)9-3-1-2-4-12-9/h5-6,9,12H,1-4,11H2,(H,13,14). The van der Waals surface area contributed by atoms with E-state index in [1.165, 1.54) is 12.8 Å². The molecule has 1 saturated heterocycles. The van der Waals surface area contributed by atoms with Gasteiger partial charge >= 0.3 is 0 Å². The molecule has 4 N–H and O–H groups in total. The van der Waals surface area contributed by atoms with E-state index in [2.05, 4.69) is 10.3 Å². The fourth-order valence-corrected chi connectivity index (χ4v) is 1.86. The molecule has 14 heavy (non-hydrogen) atoms. The highest BCUT2D eigenvalue weighted by molar-refractivity contribution is 5.38. The number of aromatic amines is 1. The van der Waals surface area contributed by atoms with Gasteiger partial charge in [0.25, 0.3) is 5.56 Å². The van der Waals surface area contributed by atoms with Crippen molar-refractivity contribution in [2.24, 2.45) is 0 Å². The Labute approximate surface area is 82.5 Å². The average molecular weight is 193 g/mol. The van der Waals surface area contributed by atoms with Crippen LogP contribution in [-0.4, -0.2) is 11.5 Å². The van der Waals surface area contributed by atoms with Crippen LogP contribution in [0.2, 0.25) is 0 Å². The Kier molecular flexibility index (Phi) is 2.54. The van der Waals surface area contributed by atoms with Gasteiger partial charge in [0.15, 0.2) is 0 Å². The molecule has 0 aliphatic carbocycles. The van der Waals surface area contributed by atoms with Crippen molar-refractivity contribution in [3.8, 4) is 0 Å². The maximum Gasteiger partial charge on any atom is 0.271 e. The molecular weight excluding hydrogens is 178 g/mol. The van der Waals surface area contributed by atoms with Crippen LogP contribution < -0.4 is 16.6 Å². The smallest absolute Gasteiger partial charge is 0.271 e. The number of hydrogen-bond acceptors (Lipinski definition) is 3. The van der Waals surface area contributed by atoms with Crippen molar-refractivity contribution in [2.45, 2.75) is 25.3 Å². The Morgan fingerprint density at radius 1 is 1.43 bits per heavy atom. The summed E-state index contributed by atoms with van der Waals surface area (Å²) in [7, 11) is 0. The summed E-state index contributed by atoms with van der Waals surface area (Å²) in [6, 6.07) is 2.12. The third-order valence-electron chi connectivity index (χ3n) is 2.67. The Bertz CT molecular complexity index is 366. The fourth-order valence-electron chi connectivity index (χ4n) is 1.86. The second-order valence-electron chi connectivity index (χ2n) is 3.72. The predicted molar refractivity (Wildman–Crippen MR) is 56.1 cm³/mol. The molecule has 76 valence electrons. The van der Waals surface area contributed by atoms with Crippen LogP contribution >= 0.6 is 0 Å². The zero-order valence-electron chi connectivity index (χ0n) is 8.05. The van der Waals surface area contributed by atoms with Crippen molar-refractivity contribution in [1.82, 2.24) is 10.3 Å². The molecular formula is C10H15N3O. The van der Waals surface area contributed by atoms with E-state index in [9.17, 15) is 4.79 Å². The molecule has 0 spiro atoms. The molecule has 1 aromatic rings. The Hall–Kier alpha value is -1.29. The van der Waals surface area contributed by atoms with E-state index < -0.39 is 0 Å². The van der Waals surface area contributed by atoms with Crippen LogP contribution in [0.1, 0.15) is 30.9 Å². The highest BCUT2D eigenvalue weighted by Crippen LogP contribution is 2.22. The summed E-state index contributed by atoms with van der Waals surface area (Å²) >= 11 is 0. The normalized spacial score (nSPS) is 22.1. The van der Waals surface area contributed by atoms with Gasteiger partial charge in [-0.05, 0) is 31.0 Å². The molecule has 0 bridgehead atoms. The van der Waals surface area contributed by atoms with Gasteiger partial charge in [-0.3, -0.25) is 4.79 Å². The highest BCUT2D eigenvalue weighted by atomic mass is 16.1. The lowest BCUT2D eigenvalue weighted by molar-refractivity contribution is 0.411. The number of piperidine rings is 1. The van der Waals surface area contributed by atoms with Gasteiger partial charge in [-0.2, -0.15) is 0 Å². The number of rotatable bonds is 1. The molecule has 1 aromatic heterocycles. The van der Waals surface area contributed by atoms with Crippen LogP contribution in [0.3, 0.4) is 0 Å². The van der Waals surface area contributed by atoms with E-state index in [0.717, 1.165) is 18.5 Å². The van der Waals surface area contributed by atoms with Crippen LogP contribution in [0.5, 0.6) is 0 Å². The van der Waals surface area contributed by atoms with Crippen molar-refractivity contribution in [1.29, 1.82) is 0 Å². The first kappa shape index (κ1) is 9.27. The average Bonchev–Trinajstić information content (AvgIpc) is 2.23. The maximum absolute atomic E-state index is 11.1. The SMILES string of the molecule is Nc1cc(C2CCCCN2)c[nH]c1=O. The van der Waals surface area contributed by atoms with Gasteiger partial charge in [0.05, 0.1) is 5.69 Å². The Morgan fingerprint density at radius 3 is 2.93 bits per heavy atom. The van der Waals surface area contributed by atoms with Crippen molar-refractivity contribution in [3.63, 3.8) is 0 Å². The van der Waals surface area contributed by atoms with Crippen LogP contribution in [0.15, 0.2) is 17.1 Å². The van der Waals surface area contributed by atoms with Crippen molar-refractivity contribution < 1.29 is 0 Å². The number of nitrogen functional groups attached to an aromatic ring is 1. The second-order valence-corrected chi connectivity index (χ2v) is 3.72. The second kappa shape index (κ2) is 3.84. The lowest BCUT2D eigenvalue weighted by Crippen LogP contribution is -2.27. The van der Waals surface area contributed by atoms with Gasteiger partial charge in [-0.1, -0.05) is 6.42 Å². The van der Waals surface area contributed by atoms with Crippen molar-refractivity contribution in [3.05, 3.63) is 28.2 Å². The number of H-pyrrole nitrogens is 1. The predicted octanol–water partition coefficient (Wildman–Crippen LogP) is 0.772. The molecule has 4 nitrogen and oxygen atoms in total. The summed E-state index contributed by atoms with van der Waals surface area (Å²) in [5.74, 6) is 0. The monoisotopic (exact) mass is 193 g/mol. The lowest BCUT2D eigenvalue weighted by atomic mass is 9.99. The van der Waals surface area contributed by atoms with Crippen LogP contribution in [0, 0.1) is 0 Å². The van der Waals surface area contributed by atoms with E-state index >= 15 is 0 Å². The molecule has 2 heterocycles. The van der Waals surface area contributed by atoms with Crippen molar-refractivity contribution in [2.75, 3.05) is 12.3 Å². The maximum atomic E-state index is 11.1. The fraction of sp³-hybridized carbons (Fsp3) is 0.500. The molecule has 0 aromatic carbocycles. The van der Waals surface area contributed by atoms with Crippen LogP contribution in [0.25, 0.3) is 0 Å². The number of nitrogens with two attached hydrogens (primary N) is 1. The van der Waals surface area contributed by atoms with Gasteiger partial charge in [-0.25, -0.2) is 0 Å². The van der Waals surface area contributed by atoms with Gasteiger partial charge in [0.2, 0.25) is 0 Å². The molecule has 0 saturated carbocycles. The van der Waals surface area contributed by atoms with E-state index in [-0.39, 0.29) is 5.56 Å². The minimum absolute atomic E-state index is 0.204. The van der Waals surface area contributed by atoms with Gasteiger partial charge in [0, 0.05) is 12.2 Å². The third kappa shape index (κ3) is 1.80. The molecule has 0 radical (unpaired) electrons. The quantitative estimate of drug-likeness (QED) is 0.617. The summed E-state index contributed by atoms with van der Waals surface area (Å²) in [5.41, 5.74) is 6.74. The zero-order valence-corrected chi connectivity index (χ0v) is 8.05. The van der Waals surface area contributed by atoms with E-state index in [4.69, 9.17) is 5.73 Å². The summed E-state index contributed by atoms with van der Waals surface area (Å²) < 4.78 is 0. The molecule has 1 aliphatic heterocycles. The number of hydrogen-bond donors (Lipinski definition) is 3. The number of anilines is 1. The van der Waals surface area contributed by atoms with Crippen LogP contribution in [0.4, 0.5) is 5.69 Å². The molecule has 4 heteroatoms. The van der Waals surface area contributed by atoms with Crippen molar-refractivity contribution >= 4 is 5.69 Å². The number of aromatic nitrogens is 1. The van der Waals surface area contributed by atoms with Gasteiger partial charge in [0.1, 0.15) is 0 Å². The van der Waals surface area contributed by atoms with E-state index in [1.54, 1.807) is 12.3 Å². The minimum atomic E-state index is -0.204. The Balaban J connectivity index is 2.22. The van der Waals surface area contributed by atoms with E-state index in [1.807, 2.05) is 0 Å². The first-order valence-corrected chi connectivity index (χ1v) is 4.99. The zero-order chi connectivity index (χ0) is 9.97. The summed E-state index contributed by atoms with van der Waals surface area (Å²) in [5, 5.41) is 3.40. The largest absolute Gasteiger partial charge is 0.394 e. The summed E-state index contributed by atoms with van der Waals surface area (Å²) in [6.07, 6.45) is 5.33. The molecule has 1 unspecified atom stereocenters. The Morgan fingerprint density at radius 2 is 2.29 bits per heavy atom. The topological polar surface area (TPSA) is 70.9 Å². The lowest BCUT2D eigenvalue weighted by Gasteiger charge is -2.23. The number of pyridine rings is 1. The number of nitrogens with one attached hydrogen (secondary N) is 2. The molecule has 1 atom stereocenters. The molecule has 2 rings (SSSR count). The minimum Gasteiger partial charge on any atom is -0.394 e. The first-order chi connectivity index (χ1) is 6.77. The summed E-state index contributed by atoms with van der Waals surface area (Å²) in [6.45, 7) is 1.05. The van der Waals surface area contributed by atoms with Crippen LogP contribution in [-0.2, 0) is 0 Å². The highest BCUT2D eigenvalue weighted by Gasteiger charge is 2.15. The molecule has 1 aliphatic rings. The summed E-state index contributed by atoms with van der Waals surface area (Å²) in [4.78, 5) is 13.7. The van der Waals surface area contributed by atoms with Gasteiger partial charge in [-0.15, -0.1) is 0 Å².